The summed E-state index contributed by atoms with van der Waals surface area (Å²) in [5.74, 6) is 0. The molecular weight excluding hydrogens is 256 g/mol. The maximum absolute atomic E-state index is 3.70. The predicted octanol–water partition coefficient (Wildman–Crippen LogP) is 4.07. The minimum absolute atomic E-state index is 0.560. The molecule has 0 radical (unpaired) electrons. The van der Waals surface area contributed by atoms with Crippen LogP contribution < -0.4 is 5.32 Å². The van der Waals surface area contributed by atoms with Crippen LogP contribution in [0.5, 0.6) is 0 Å². The molecule has 21 heavy (non-hydrogen) atoms. The van der Waals surface area contributed by atoms with Crippen molar-refractivity contribution in [1.29, 1.82) is 0 Å². The van der Waals surface area contributed by atoms with Gasteiger partial charge in [-0.1, -0.05) is 42.5 Å². The summed E-state index contributed by atoms with van der Waals surface area (Å²) in [5.41, 5.74) is 3.98. The van der Waals surface area contributed by atoms with Crippen LogP contribution in [0.25, 0.3) is 0 Å². The lowest BCUT2D eigenvalue weighted by atomic mass is 10.0. The maximum Gasteiger partial charge on any atom is 0.0389 e. The predicted molar refractivity (Wildman–Crippen MR) is 89.5 cm³/mol. The molecule has 110 valence electrons. The zero-order valence-electron chi connectivity index (χ0n) is 12.8. The number of hydrogen-bond donors (Lipinski definition) is 1. The fourth-order valence-corrected chi connectivity index (χ4v) is 3.13. The van der Waals surface area contributed by atoms with E-state index < -0.39 is 0 Å². The van der Waals surface area contributed by atoms with Crippen molar-refractivity contribution in [2.75, 3.05) is 18.4 Å². The molecule has 1 N–H and O–H groups in total. The van der Waals surface area contributed by atoms with Crippen molar-refractivity contribution in [3.8, 4) is 0 Å². The summed E-state index contributed by atoms with van der Waals surface area (Å²) >= 11 is 0. The summed E-state index contributed by atoms with van der Waals surface area (Å²) in [6, 6.07) is 20.0. The van der Waals surface area contributed by atoms with Crippen molar-refractivity contribution in [2.24, 2.45) is 0 Å². The summed E-state index contributed by atoms with van der Waals surface area (Å²) < 4.78 is 0. The van der Waals surface area contributed by atoms with Gasteiger partial charge in [-0.15, -0.1) is 0 Å². The van der Waals surface area contributed by atoms with E-state index in [1.165, 1.54) is 36.2 Å². The van der Waals surface area contributed by atoms with Gasteiger partial charge in [-0.2, -0.15) is 0 Å². The Morgan fingerprint density at radius 2 is 1.95 bits per heavy atom. The molecule has 0 saturated carbocycles. The molecule has 0 spiro atoms. The first-order chi connectivity index (χ1) is 10.3. The van der Waals surface area contributed by atoms with E-state index in [-0.39, 0.29) is 0 Å². The number of rotatable bonds is 4. The van der Waals surface area contributed by atoms with Crippen LogP contribution in [0.15, 0.2) is 54.6 Å². The molecule has 3 rings (SSSR count). The van der Waals surface area contributed by atoms with E-state index in [0.29, 0.717) is 6.04 Å². The van der Waals surface area contributed by atoms with Gasteiger partial charge < -0.3 is 5.32 Å². The van der Waals surface area contributed by atoms with Gasteiger partial charge in [0, 0.05) is 24.8 Å². The number of nitrogens with zero attached hydrogens (tertiary/aromatic N) is 1. The Morgan fingerprint density at radius 1 is 1.10 bits per heavy atom. The highest BCUT2D eigenvalue weighted by Gasteiger charge is 2.19. The van der Waals surface area contributed by atoms with Crippen LogP contribution in [-0.2, 0) is 6.54 Å². The molecule has 1 unspecified atom stereocenters. The summed E-state index contributed by atoms with van der Waals surface area (Å²) in [6.45, 7) is 5.55. The van der Waals surface area contributed by atoms with Crippen molar-refractivity contribution < 1.29 is 0 Å². The topological polar surface area (TPSA) is 15.3 Å². The normalized spacial score (nSPS) is 19.4. The molecule has 1 atom stereocenters. The second-order valence-electron chi connectivity index (χ2n) is 6.07. The summed E-state index contributed by atoms with van der Waals surface area (Å²) in [4.78, 5) is 2.56. The fraction of sp³-hybridized carbons (Fsp3) is 0.368. The summed E-state index contributed by atoms with van der Waals surface area (Å²) in [5, 5.41) is 3.70. The first-order valence-corrected chi connectivity index (χ1v) is 7.89. The van der Waals surface area contributed by atoms with Crippen molar-refractivity contribution in [1.82, 2.24) is 4.90 Å². The van der Waals surface area contributed by atoms with Crippen LogP contribution in [0.1, 0.15) is 24.0 Å². The van der Waals surface area contributed by atoms with Gasteiger partial charge in [-0.3, -0.25) is 4.90 Å². The molecule has 2 nitrogen and oxygen atoms in total. The van der Waals surface area contributed by atoms with E-state index in [9.17, 15) is 0 Å². The maximum atomic E-state index is 3.70. The minimum atomic E-state index is 0.560. The third-order valence-corrected chi connectivity index (χ3v) is 4.14. The third-order valence-electron chi connectivity index (χ3n) is 4.14. The Kier molecular flexibility index (Phi) is 4.56. The molecule has 2 aromatic rings. The van der Waals surface area contributed by atoms with E-state index in [0.717, 1.165) is 13.1 Å². The van der Waals surface area contributed by atoms with E-state index in [1.54, 1.807) is 0 Å². The number of benzene rings is 2. The molecule has 1 heterocycles. The van der Waals surface area contributed by atoms with Crippen molar-refractivity contribution in [3.63, 3.8) is 0 Å². The van der Waals surface area contributed by atoms with E-state index in [2.05, 4.69) is 71.7 Å². The number of likely N-dealkylation sites (tertiary alicyclic amines) is 1. The van der Waals surface area contributed by atoms with Gasteiger partial charge in [0.15, 0.2) is 0 Å². The second kappa shape index (κ2) is 6.77. The number of nitrogens with one attached hydrogen (secondary N) is 1. The first-order valence-electron chi connectivity index (χ1n) is 7.89. The highest BCUT2D eigenvalue weighted by molar-refractivity contribution is 5.46. The second-order valence-corrected chi connectivity index (χ2v) is 6.07. The molecule has 1 fully saturated rings. The Morgan fingerprint density at radius 3 is 2.76 bits per heavy atom. The molecule has 0 bridgehead atoms. The lowest BCUT2D eigenvalue weighted by Gasteiger charge is -2.33. The number of piperidine rings is 1. The Balaban J connectivity index is 1.58. The molecule has 1 saturated heterocycles. The van der Waals surface area contributed by atoms with E-state index >= 15 is 0 Å². The Hall–Kier alpha value is -1.80. The number of hydrogen-bond acceptors (Lipinski definition) is 2. The molecule has 0 aliphatic carbocycles. The van der Waals surface area contributed by atoms with Gasteiger partial charge in [0.1, 0.15) is 0 Å². The van der Waals surface area contributed by atoms with Gasteiger partial charge in [0.2, 0.25) is 0 Å². The van der Waals surface area contributed by atoms with Gasteiger partial charge in [-0.05, 0) is 49.6 Å². The van der Waals surface area contributed by atoms with Crippen molar-refractivity contribution >= 4 is 5.69 Å². The van der Waals surface area contributed by atoms with Gasteiger partial charge in [0.05, 0.1) is 0 Å². The van der Waals surface area contributed by atoms with E-state index in [1.807, 2.05) is 0 Å². The van der Waals surface area contributed by atoms with Crippen LogP contribution in [0.4, 0.5) is 5.69 Å². The van der Waals surface area contributed by atoms with Crippen molar-refractivity contribution in [2.45, 2.75) is 32.4 Å². The molecule has 2 heteroatoms. The van der Waals surface area contributed by atoms with Gasteiger partial charge in [0.25, 0.3) is 0 Å². The molecule has 1 aliphatic heterocycles. The zero-order chi connectivity index (χ0) is 14.5. The van der Waals surface area contributed by atoms with E-state index in [4.69, 9.17) is 0 Å². The average molecular weight is 280 g/mol. The summed E-state index contributed by atoms with van der Waals surface area (Å²) in [6.07, 6.45) is 2.54. The highest BCUT2D eigenvalue weighted by Crippen LogP contribution is 2.18. The monoisotopic (exact) mass is 280 g/mol. The average Bonchev–Trinajstić information content (AvgIpc) is 2.49. The highest BCUT2D eigenvalue weighted by atomic mass is 15.2. The SMILES string of the molecule is Cc1cccc(NC2CCCN(Cc3ccccc3)C2)c1. The van der Waals surface area contributed by atoms with Crippen LogP contribution >= 0.6 is 0 Å². The van der Waals surface area contributed by atoms with Crippen LogP contribution in [0.3, 0.4) is 0 Å². The fourth-order valence-electron chi connectivity index (χ4n) is 3.13. The Labute approximate surface area is 127 Å². The van der Waals surface area contributed by atoms with Gasteiger partial charge in [-0.25, -0.2) is 0 Å². The van der Waals surface area contributed by atoms with Crippen LogP contribution in [0, 0.1) is 6.92 Å². The quantitative estimate of drug-likeness (QED) is 0.908. The summed E-state index contributed by atoms with van der Waals surface area (Å²) in [7, 11) is 0. The smallest absolute Gasteiger partial charge is 0.0389 e. The largest absolute Gasteiger partial charge is 0.381 e. The minimum Gasteiger partial charge on any atom is -0.381 e. The number of aryl methyl sites for hydroxylation is 1. The third kappa shape index (κ3) is 4.08. The molecule has 2 aromatic carbocycles. The zero-order valence-corrected chi connectivity index (χ0v) is 12.8. The standard InChI is InChI=1S/C19H24N2/c1-16-7-5-10-18(13-16)20-19-11-6-12-21(15-19)14-17-8-3-2-4-9-17/h2-5,7-10,13,19-20H,6,11-12,14-15H2,1H3. The van der Waals surface area contributed by atoms with Crippen molar-refractivity contribution in [3.05, 3.63) is 65.7 Å². The molecule has 0 aromatic heterocycles. The first kappa shape index (κ1) is 14.2. The Bertz CT molecular complexity index is 565. The number of anilines is 1. The lowest BCUT2D eigenvalue weighted by molar-refractivity contribution is 0.208. The van der Waals surface area contributed by atoms with Crippen LogP contribution in [-0.4, -0.2) is 24.0 Å². The molecular formula is C19H24N2. The van der Waals surface area contributed by atoms with Crippen LogP contribution in [0.2, 0.25) is 0 Å². The molecule has 1 aliphatic rings. The lowest BCUT2D eigenvalue weighted by Crippen LogP contribution is -2.41. The van der Waals surface area contributed by atoms with Gasteiger partial charge >= 0.3 is 0 Å². The molecule has 0 amide bonds.